The lowest BCUT2D eigenvalue weighted by Crippen LogP contribution is -2.32. The Labute approximate surface area is 110 Å². The Bertz CT molecular complexity index is 505. The van der Waals surface area contributed by atoms with Crippen LogP contribution in [-0.2, 0) is 11.3 Å². The number of amides is 1. The molecule has 0 bridgehead atoms. The monoisotopic (exact) mass is 260 g/mol. The van der Waals surface area contributed by atoms with Gasteiger partial charge in [0.25, 0.3) is 5.91 Å². The Hall–Kier alpha value is -2.39. The second-order valence-electron chi connectivity index (χ2n) is 3.35. The van der Waals surface area contributed by atoms with Gasteiger partial charge in [0, 0.05) is 12.7 Å². The van der Waals surface area contributed by atoms with Gasteiger partial charge in [-0.15, -0.1) is 0 Å². The van der Waals surface area contributed by atoms with Crippen molar-refractivity contribution in [2.24, 2.45) is 5.73 Å². The molecule has 18 heavy (non-hydrogen) atoms. The third-order valence-corrected chi connectivity index (χ3v) is 2.29. The van der Waals surface area contributed by atoms with E-state index in [2.05, 4.69) is 10.6 Å². The molecule has 0 aliphatic heterocycles. The summed E-state index contributed by atoms with van der Waals surface area (Å²) in [6.07, 6.45) is 1.18. The molecule has 0 aromatic heterocycles. The highest BCUT2D eigenvalue weighted by atomic mass is 32.1. The van der Waals surface area contributed by atoms with Crippen molar-refractivity contribution in [2.75, 3.05) is 0 Å². The van der Waals surface area contributed by atoms with E-state index in [-0.39, 0.29) is 5.57 Å². The number of hydrogen-bond donors (Lipinski definition) is 3. The van der Waals surface area contributed by atoms with E-state index in [0.717, 1.165) is 5.56 Å². The fourth-order valence-corrected chi connectivity index (χ4v) is 1.26. The number of primary amides is 1. The number of hydrogen-bond acceptors (Lipinski definition) is 3. The highest BCUT2D eigenvalue weighted by Crippen LogP contribution is 1.96. The second kappa shape index (κ2) is 7.04. The number of nitrogens with two attached hydrogens (primary N) is 1. The summed E-state index contributed by atoms with van der Waals surface area (Å²) in [6.45, 7) is 0.555. The van der Waals surface area contributed by atoms with E-state index in [0.29, 0.717) is 11.7 Å². The molecule has 0 radical (unpaired) electrons. The number of carbonyl (C=O) groups is 1. The normalized spacial score (nSPS) is 10.3. The first-order chi connectivity index (χ1) is 8.63. The molecule has 5 nitrogen and oxygen atoms in total. The van der Waals surface area contributed by atoms with Gasteiger partial charge in [-0.25, -0.2) is 0 Å². The minimum atomic E-state index is -0.796. The van der Waals surface area contributed by atoms with Crippen LogP contribution in [0.15, 0.2) is 42.1 Å². The topological polar surface area (TPSA) is 90.9 Å². The molecule has 0 saturated heterocycles. The SMILES string of the molecule is N#CC(=CNC(=S)NCc1ccccc1)C(N)=O. The molecular weight excluding hydrogens is 248 g/mol. The largest absolute Gasteiger partial charge is 0.365 e. The van der Waals surface area contributed by atoms with Crippen molar-refractivity contribution >= 4 is 23.2 Å². The average Bonchev–Trinajstić information content (AvgIpc) is 2.38. The molecule has 0 spiro atoms. The van der Waals surface area contributed by atoms with Gasteiger partial charge in [-0.3, -0.25) is 4.79 Å². The van der Waals surface area contributed by atoms with Crippen LogP contribution in [0.5, 0.6) is 0 Å². The number of benzene rings is 1. The smallest absolute Gasteiger partial charge is 0.260 e. The molecule has 92 valence electrons. The predicted molar refractivity (Wildman–Crippen MR) is 71.9 cm³/mol. The average molecular weight is 260 g/mol. The summed E-state index contributed by atoms with van der Waals surface area (Å²) >= 11 is 4.98. The summed E-state index contributed by atoms with van der Waals surface area (Å²) < 4.78 is 0. The first-order valence-electron chi connectivity index (χ1n) is 5.12. The number of rotatable bonds is 4. The molecule has 6 heteroatoms. The zero-order chi connectivity index (χ0) is 13.4. The maximum atomic E-state index is 10.8. The first kappa shape index (κ1) is 13.7. The molecule has 1 aromatic carbocycles. The lowest BCUT2D eigenvalue weighted by molar-refractivity contribution is -0.114. The quantitative estimate of drug-likeness (QED) is 0.417. The van der Waals surface area contributed by atoms with E-state index in [1.807, 2.05) is 30.3 Å². The minimum absolute atomic E-state index is 0.182. The lowest BCUT2D eigenvalue weighted by atomic mass is 10.2. The summed E-state index contributed by atoms with van der Waals surface area (Å²) in [7, 11) is 0. The third-order valence-electron chi connectivity index (χ3n) is 2.03. The van der Waals surface area contributed by atoms with Crippen molar-refractivity contribution in [3.05, 3.63) is 47.7 Å². The van der Waals surface area contributed by atoms with Crippen molar-refractivity contribution in [3.63, 3.8) is 0 Å². The van der Waals surface area contributed by atoms with Gasteiger partial charge < -0.3 is 16.4 Å². The second-order valence-corrected chi connectivity index (χ2v) is 3.75. The van der Waals surface area contributed by atoms with Crippen LogP contribution < -0.4 is 16.4 Å². The van der Waals surface area contributed by atoms with Gasteiger partial charge in [0.05, 0.1) is 0 Å². The van der Waals surface area contributed by atoms with Gasteiger partial charge in [0.2, 0.25) is 0 Å². The molecule has 1 rings (SSSR count). The van der Waals surface area contributed by atoms with Crippen molar-refractivity contribution < 1.29 is 4.79 Å². The first-order valence-corrected chi connectivity index (χ1v) is 5.52. The molecule has 0 saturated carbocycles. The number of nitrogens with one attached hydrogen (secondary N) is 2. The van der Waals surface area contributed by atoms with Crippen LogP contribution in [0.1, 0.15) is 5.56 Å². The predicted octanol–water partition coefficient (Wildman–Crippen LogP) is 0.543. The van der Waals surface area contributed by atoms with Gasteiger partial charge in [0.15, 0.2) is 5.11 Å². The summed E-state index contributed by atoms with van der Waals surface area (Å²) in [4.78, 5) is 10.8. The Morgan fingerprint density at radius 2 is 2.11 bits per heavy atom. The van der Waals surface area contributed by atoms with Gasteiger partial charge in [-0.2, -0.15) is 5.26 Å². The van der Waals surface area contributed by atoms with Gasteiger partial charge in [-0.05, 0) is 17.8 Å². The molecular formula is C12H12N4OS. The Morgan fingerprint density at radius 1 is 1.44 bits per heavy atom. The van der Waals surface area contributed by atoms with Crippen molar-refractivity contribution in [1.82, 2.24) is 10.6 Å². The number of thiocarbonyl (C=S) groups is 1. The summed E-state index contributed by atoms with van der Waals surface area (Å²) in [5.74, 6) is -0.796. The molecule has 0 aliphatic carbocycles. The Morgan fingerprint density at radius 3 is 2.67 bits per heavy atom. The molecule has 1 aromatic rings. The van der Waals surface area contributed by atoms with Crippen molar-refractivity contribution in [1.29, 1.82) is 5.26 Å². The number of nitrogens with zero attached hydrogens (tertiary/aromatic N) is 1. The van der Waals surface area contributed by atoms with Crippen LogP contribution in [0, 0.1) is 11.3 Å². The molecule has 0 aliphatic rings. The van der Waals surface area contributed by atoms with Crippen LogP contribution in [0.4, 0.5) is 0 Å². The molecule has 1 amide bonds. The van der Waals surface area contributed by atoms with Gasteiger partial charge in [-0.1, -0.05) is 30.3 Å². The minimum Gasteiger partial charge on any atom is -0.365 e. The Kier molecular flexibility index (Phi) is 5.35. The van der Waals surface area contributed by atoms with Crippen LogP contribution in [0.2, 0.25) is 0 Å². The van der Waals surface area contributed by atoms with E-state index in [9.17, 15) is 4.79 Å². The van der Waals surface area contributed by atoms with E-state index in [1.54, 1.807) is 6.07 Å². The van der Waals surface area contributed by atoms with E-state index in [4.69, 9.17) is 23.2 Å². The molecule has 0 atom stereocenters. The third kappa shape index (κ3) is 4.63. The summed E-state index contributed by atoms with van der Waals surface area (Å²) in [5, 5.41) is 14.5. The zero-order valence-electron chi connectivity index (χ0n) is 9.51. The standard InChI is InChI=1S/C12H12N4OS/c13-6-10(11(14)17)8-16-12(18)15-7-9-4-2-1-3-5-9/h1-5,8H,7H2,(H2,14,17)(H2,15,16,18). The lowest BCUT2D eigenvalue weighted by Gasteiger charge is -2.07. The molecule has 4 N–H and O–H groups in total. The highest BCUT2D eigenvalue weighted by molar-refractivity contribution is 7.80. The maximum absolute atomic E-state index is 10.8. The molecule has 0 unspecified atom stereocenters. The van der Waals surface area contributed by atoms with Crippen LogP contribution in [-0.4, -0.2) is 11.0 Å². The van der Waals surface area contributed by atoms with Crippen LogP contribution in [0.3, 0.4) is 0 Å². The fourth-order valence-electron chi connectivity index (χ4n) is 1.13. The fraction of sp³-hybridized carbons (Fsp3) is 0.0833. The van der Waals surface area contributed by atoms with E-state index < -0.39 is 5.91 Å². The highest BCUT2D eigenvalue weighted by Gasteiger charge is 2.02. The zero-order valence-corrected chi connectivity index (χ0v) is 10.3. The number of carbonyl (C=O) groups excluding carboxylic acids is 1. The summed E-state index contributed by atoms with van der Waals surface area (Å²) in [6, 6.07) is 11.4. The maximum Gasteiger partial charge on any atom is 0.260 e. The van der Waals surface area contributed by atoms with Crippen LogP contribution >= 0.6 is 12.2 Å². The molecule has 0 heterocycles. The van der Waals surface area contributed by atoms with Crippen molar-refractivity contribution in [2.45, 2.75) is 6.54 Å². The van der Waals surface area contributed by atoms with E-state index in [1.165, 1.54) is 6.20 Å². The van der Waals surface area contributed by atoms with Gasteiger partial charge in [0.1, 0.15) is 11.6 Å². The summed E-state index contributed by atoms with van der Waals surface area (Å²) in [5.41, 5.74) is 5.85. The number of nitriles is 1. The Balaban J connectivity index is 2.44. The van der Waals surface area contributed by atoms with Crippen molar-refractivity contribution in [3.8, 4) is 6.07 Å². The van der Waals surface area contributed by atoms with E-state index >= 15 is 0 Å². The van der Waals surface area contributed by atoms with Gasteiger partial charge >= 0.3 is 0 Å². The van der Waals surface area contributed by atoms with Crippen LogP contribution in [0.25, 0.3) is 0 Å². The molecule has 0 fully saturated rings.